The molecule has 0 unspecified atom stereocenters. The van der Waals surface area contributed by atoms with E-state index in [1.54, 1.807) is 24.3 Å². The summed E-state index contributed by atoms with van der Waals surface area (Å²) in [4.78, 5) is 21.1. The van der Waals surface area contributed by atoms with Gasteiger partial charge in [0.25, 0.3) is 5.91 Å². The Morgan fingerprint density at radius 2 is 1.90 bits per heavy atom. The number of aromatic nitrogens is 2. The fraction of sp³-hybridized carbons (Fsp3) is 0.375. The second-order valence-electron chi connectivity index (χ2n) is 6.02. The van der Waals surface area contributed by atoms with Gasteiger partial charge in [0.15, 0.2) is 0 Å². The standard InChI is InChI=1S/C16H21N3O/c1-16(2,3)13-7-5-12(6-8-13)15(20)19(4)11-14-17-9-10-18-14/h5-10H,11H2,1-4H3,(H,17,18). The predicted molar refractivity (Wildman–Crippen MR) is 79.5 cm³/mol. The smallest absolute Gasteiger partial charge is 0.253 e. The van der Waals surface area contributed by atoms with E-state index in [0.717, 1.165) is 5.82 Å². The fourth-order valence-corrected chi connectivity index (χ4v) is 2.01. The first-order valence-electron chi connectivity index (χ1n) is 6.72. The summed E-state index contributed by atoms with van der Waals surface area (Å²) in [5.41, 5.74) is 2.02. The first-order valence-corrected chi connectivity index (χ1v) is 6.72. The summed E-state index contributed by atoms with van der Waals surface area (Å²) in [6, 6.07) is 7.82. The van der Waals surface area contributed by atoms with Gasteiger partial charge >= 0.3 is 0 Å². The molecule has 4 heteroatoms. The van der Waals surface area contributed by atoms with E-state index in [2.05, 4.69) is 30.7 Å². The first kappa shape index (κ1) is 14.3. The number of hydrogen-bond acceptors (Lipinski definition) is 2. The van der Waals surface area contributed by atoms with E-state index < -0.39 is 0 Å². The van der Waals surface area contributed by atoms with E-state index in [1.165, 1.54) is 5.56 Å². The first-order chi connectivity index (χ1) is 9.38. The minimum atomic E-state index is 0.00172. The van der Waals surface area contributed by atoms with Gasteiger partial charge in [0.05, 0.1) is 6.54 Å². The Balaban J connectivity index is 2.09. The molecule has 0 fully saturated rings. The zero-order valence-electron chi connectivity index (χ0n) is 12.5. The monoisotopic (exact) mass is 271 g/mol. The number of hydrogen-bond donors (Lipinski definition) is 1. The number of benzene rings is 1. The maximum atomic E-state index is 12.3. The highest BCUT2D eigenvalue weighted by Gasteiger charge is 2.16. The molecule has 0 saturated carbocycles. The van der Waals surface area contributed by atoms with Gasteiger partial charge < -0.3 is 9.88 Å². The number of amides is 1. The Bertz CT molecular complexity index is 565. The van der Waals surface area contributed by atoms with Gasteiger partial charge in [-0.3, -0.25) is 4.79 Å². The van der Waals surface area contributed by atoms with Crippen LogP contribution in [0.1, 0.15) is 42.5 Å². The van der Waals surface area contributed by atoms with E-state index in [1.807, 2.05) is 24.3 Å². The van der Waals surface area contributed by atoms with Crippen LogP contribution in [0, 0.1) is 0 Å². The second-order valence-corrected chi connectivity index (χ2v) is 6.02. The lowest BCUT2D eigenvalue weighted by atomic mass is 9.86. The number of aromatic amines is 1. The summed E-state index contributed by atoms with van der Waals surface area (Å²) >= 11 is 0. The molecule has 20 heavy (non-hydrogen) atoms. The molecule has 1 aromatic carbocycles. The summed E-state index contributed by atoms with van der Waals surface area (Å²) in [6.45, 7) is 6.96. The van der Waals surface area contributed by atoms with Crippen LogP contribution in [0.4, 0.5) is 0 Å². The molecule has 2 rings (SSSR count). The maximum absolute atomic E-state index is 12.3. The summed E-state index contributed by atoms with van der Waals surface area (Å²) in [5.74, 6) is 0.786. The van der Waals surface area contributed by atoms with Gasteiger partial charge in [0.2, 0.25) is 0 Å². The largest absolute Gasteiger partial charge is 0.347 e. The van der Waals surface area contributed by atoms with Crippen LogP contribution in [0.5, 0.6) is 0 Å². The number of carbonyl (C=O) groups is 1. The lowest BCUT2D eigenvalue weighted by Crippen LogP contribution is -2.26. The second kappa shape index (κ2) is 5.49. The molecule has 0 aliphatic carbocycles. The van der Waals surface area contributed by atoms with Crippen molar-refractivity contribution in [1.29, 1.82) is 0 Å². The fourth-order valence-electron chi connectivity index (χ4n) is 2.01. The Hall–Kier alpha value is -2.10. The minimum Gasteiger partial charge on any atom is -0.347 e. The quantitative estimate of drug-likeness (QED) is 0.933. The number of imidazole rings is 1. The summed E-state index contributed by atoms with van der Waals surface area (Å²) in [7, 11) is 1.78. The molecule has 0 atom stereocenters. The SMILES string of the molecule is CN(Cc1ncc[nH]1)C(=O)c1ccc(C(C)(C)C)cc1. The zero-order chi connectivity index (χ0) is 14.8. The molecule has 0 aliphatic rings. The molecule has 106 valence electrons. The van der Waals surface area contributed by atoms with Gasteiger partial charge in [-0.2, -0.15) is 0 Å². The Labute approximate surface area is 119 Å². The predicted octanol–water partition coefficient (Wildman–Crippen LogP) is 2.98. The van der Waals surface area contributed by atoms with Crippen molar-refractivity contribution < 1.29 is 4.79 Å². The third-order valence-electron chi connectivity index (χ3n) is 3.29. The molecule has 1 amide bonds. The normalized spacial score (nSPS) is 11.4. The minimum absolute atomic E-state index is 0.00172. The van der Waals surface area contributed by atoms with Crippen LogP contribution >= 0.6 is 0 Å². The van der Waals surface area contributed by atoms with E-state index in [4.69, 9.17) is 0 Å². The number of nitrogens with zero attached hydrogens (tertiary/aromatic N) is 2. The van der Waals surface area contributed by atoms with Crippen LogP contribution in [0.25, 0.3) is 0 Å². The third-order valence-corrected chi connectivity index (χ3v) is 3.29. The number of rotatable bonds is 3. The third kappa shape index (κ3) is 3.26. The summed E-state index contributed by atoms with van der Waals surface area (Å²) in [5, 5.41) is 0. The van der Waals surface area contributed by atoms with Crippen molar-refractivity contribution in [3.63, 3.8) is 0 Å². The molecular formula is C16H21N3O. The average molecular weight is 271 g/mol. The van der Waals surface area contributed by atoms with E-state index in [-0.39, 0.29) is 11.3 Å². The Morgan fingerprint density at radius 3 is 2.40 bits per heavy atom. The lowest BCUT2D eigenvalue weighted by Gasteiger charge is -2.20. The van der Waals surface area contributed by atoms with Crippen molar-refractivity contribution in [3.05, 3.63) is 53.6 Å². The number of nitrogens with one attached hydrogen (secondary N) is 1. The zero-order valence-corrected chi connectivity index (χ0v) is 12.5. The molecule has 4 nitrogen and oxygen atoms in total. The Morgan fingerprint density at radius 1 is 1.25 bits per heavy atom. The molecule has 1 heterocycles. The molecule has 0 radical (unpaired) electrons. The highest BCUT2D eigenvalue weighted by molar-refractivity contribution is 5.94. The molecule has 0 bridgehead atoms. The average Bonchev–Trinajstić information content (AvgIpc) is 2.90. The molecule has 0 saturated heterocycles. The van der Waals surface area contributed by atoms with Crippen molar-refractivity contribution >= 4 is 5.91 Å². The van der Waals surface area contributed by atoms with Gasteiger partial charge in [0, 0.05) is 25.0 Å². The van der Waals surface area contributed by atoms with Crippen LogP contribution in [0.2, 0.25) is 0 Å². The van der Waals surface area contributed by atoms with Gasteiger partial charge in [-0.25, -0.2) is 4.98 Å². The van der Waals surface area contributed by atoms with E-state index in [0.29, 0.717) is 12.1 Å². The van der Waals surface area contributed by atoms with Crippen LogP contribution in [0.3, 0.4) is 0 Å². The van der Waals surface area contributed by atoms with E-state index in [9.17, 15) is 4.79 Å². The van der Waals surface area contributed by atoms with Crippen molar-refractivity contribution in [3.8, 4) is 0 Å². The van der Waals surface area contributed by atoms with Crippen LogP contribution < -0.4 is 0 Å². The lowest BCUT2D eigenvalue weighted by molar-refractivity contribution is 0.0782. The molecule has 0 aliphatic heterocycles. The van der Waals surface area contributed by atoms with Gasteiger partial charge in [-0.15, -0.1) is 0 Å². The van der Waals surface area contributed by atoms with Crippen LogP contribution in [-0.2, 0) is 12.0 Å². The van der Waals surface area contributed by atoms with Crippen LogP contribution in [0.15, 0.2) is 36.7 Å². The molecule has 1 aromatic heterocycles. The highest BCUT2D eigenvalue weighted by atomic mass is 16.2. The van der Waals surface area contributed by atoms with E-state index >= 15 is 0 Å². The molecule has 1 N–H and O–H groups in total. The van der Waals surface area contributed by atoms with Crippen molar-refractivity contribution in [2.75, 3.05) is 7.05 Å². The molecule has 2 aromatic rings. The van der Waals surface area contributed by atoms with Gasteiger partial charge in [0.1, 0.15) is 5.82 Å². The summed E-state index contributed by atoms with van der Waals surface area (Å²) in [6.07, 6.45) is 3.44. The summed E-state index contributed by atoms with van der Waals surface area (Å²) < 4.78 is 0. The van der Waals surface area contributed by atoms with Crippen molar-refractivity contribution in [2.45, 2.75) is 32.7 Å². The van der Waals surface area contributed by atoms with Crippen LogP contribution in [-0.4, -0.2) is 27.8 Å². The number of carbonyl (C=O) groups excluding carboxylic acids is 1. The molecular weight excluding hydrogens is 250 g/mol. The highest BCUT2D eigenvalue weighted by Crippen LogP contribution is 2.22. The van der Waals surface area contributed by atoms with Crippen molar-refractivity contribution in [1.82, 2.24) is 14.9 Å². The van der Waals surface area contributed by atoms with Gasteiger partial charge in [-0.1, -0.05) is 32.9 Å². The number of H-pyrrole nitrogens is 1. The maximum Gasteiger partial charge on any atom is 0.253 e. The Kier molecular flexibility index (Phi) is 3.93. The van der Waals surface area contributed by atoms with Gasteiger partial charge in [-0.05, 0) is 23.1 Å². The van der Waals surface area contributed by atoms with Crippen molar-refractivity contribution in [2.24, 2.45) is 0 Å². The molecule has 0 spiro atoms. The topological polar surface area (TPSA) is 49.0 Å².